The van der Waals surface area contributed by atoms with Crippen LogP contribution in [0.15, 0.2) is 0 Å². The molecule has 0 aromatic heterocycles. The molecule has 17 heavy (non-hydrogen) atoms. The zero-order valence-electron chi connectivity index (χ0n) is 11.7. The lowest BCUT2D eigenvalue weighted by Crippen LogP contribution is -2.31. The molecule has 0 radical (unpaired) electrons. The summed E-state index contributed by atoms with van der Waals surface area (Å²) in [6.45, 7) is 11.6. The number of hydrogen-bond donors (Lipinski definition) is 1. The van der Waals surface area contributed by atoms with Gasteiger partial charge in [-0.3, -0.25) is 0 Å². The van der Waals surface area contributed by atoms with Crippen molar-refractivity contribution in [2.45, 2.75) is 46.6 Å². The number of hydrogen-bond acceptors (Lipinski definition) is 3. The SMILES string of the molecule is CC(C)CC(O)COCC(C)(C)C1CCOC1. The molecule has 1 aliphatic rings. The van der Waals surface area contributed by atoms with Crippen LogP contribution in [0.25, 0.3) is 0 Å². The maximum Gasteiger partial charge on any atom is 0.0776 e. The van der Waals surface area contributed by atoms with E-state index in [0.717, 1.165) is 26.1 Å². The first-order valence-corrected chi connectivity index (χ1v) is 6.75. The predicted molar refractivity (Wildman–Crippen MR) is 69.0 cm³/mol. The second-order valence-corrected chi connectivity index (χ2v) is 6.35. The van der Waals surface area contributed by atoms with Gasteiger partial charge in [-0.2, -0.15) is 0 Å². The van der Waals surface area contributed by atoms with E-state index in [4.69, 9.17) is 9.47 Å². The van der Waals surface area contributed by atoms with Crippen LogP contribution >= 0.6 is 0 Å². The molecular formula is C14H28O3. The van der Waals surface area contributed by atoms with Gasteiger partial charge in [-0.05, 0) is 30.1 Å². The Morgan fingerprint density at radius 2 is 2.12 bits per heavy atom. The van der Waals surface area contributed by atoms with E-state index in [1.165, 1.54) is 0 Å². The lowest BCUT2D eigenvalue weighted by atomic mass is 9.79. The highest BCUT2D eigenvalue weighted by molar-refractivity contribution is 4.81. The fourth-order valence-electron chi connectivity index (χ4n) is 2.34. The second kappa shape index (κ2) is 6.72. The minimum absolute atomic E-state index is 0.147. The molecular weight excluding hydrogens is 216 g/mol. The van der Waals surface area contributed by atoms with Gasteiger partial charge in [0, 0.05) is 6.61 Å². The molecule has 0 aromatic carbocycles. The zero-order valence-corrected chi connectivity index (χ0v) is 11.7. The van der Waals surface area contributed by atoms with Gasteiger partial charge >= 0.3 is 0 Å². The fourth-order valence-corrected chi connectivity index (χ4v) is 2.34. The lowest BCUT2D eigenvalue weighted by molar-refractivity contribution is -0.0222. The van der Waals surface area contributed by atoms with Gasteiger partial charge in [0.15, 0.2) is 0 Å². The van der Waals surface area contributed by atoms with Crippen LogP contribution in [0, 0.1) is 17.3 Å². The van der Waals surface area contributed by atoms with E-state index in [1.807, 2.05) is 0 Å². The number of aliphatic hydroxyl groups excluding tert-OH is 1. The van der Waals surface area contributed by atoms with Crippen molar-refractivity contribution in [3.05, 3.63) is 0 Å². The monoisotopic (exact) mass is 244 g/mol. The van der Waals surface area contributed by atoms with Crippen molar-refractivity contribution >= 4 is 0 Å². The molecule has 0 spiro atoms. The third-order valence-corrected chi connectivity index (χ3v) is 3.56. The van der Waals surface area contributed by atoms with Crippen LogP contribution in [-0.4, -0.2) is 37.6 Å². The van der Waals surface area contributed by atoms with Crippen molar-refractivity contribution in [2.24, 2.45) is 17.3 Å². The van der Waals surface area contributed by atoms with Gasteiger partial charge < -0.3 is 14.6 Å². The summed E-state index contributed by atoms with van der Waals surface area (Å²) < 4.78 is 11.1. The van der Waals surface area contributed by atoms with Crippen molar-refractivity contribution in [1.82, 2.24) is 0 Å². The molecule has 0 aromatic rings. The quantitative estimate of drug-likeness (QED) is 0.747. The first-order valence-electron chi connectivity index (χ1n) is 6.75. The van der Waals surface area contributed by atoms with Crippen molar-refractivity contribution in [3.63, 3.8) is 0 Å². The van der Waals surface area contributed by atoms with Gasteiger partial charge in [0.2, 0.25) is 0 Å². The first-order chi connectivity index (χ1) is 7.92. The summed E-state index contributed by atoms with van der Waals surface area (Å²) in [5.74, 6) is 1.11. The molecule has 1 fully saturated rings. The Balaban J connectivity index is 2.20. The molecule has 2 atom stereocenters. The van der Waals surface area contributed by atoms with E-state index in [2.05, 4.69) is 27.7 Å². The molecule has 3 heteroatoms. The molecule has 2 unspecified atom stereocenters. The third kappa shape index (κ3) is 5.36. The van der Waals surface area contributed by atoms with E-state index in [-0.39, 0.29) is 11.5 Å². The van der Waals surface area contributed by atoms with E-state index in [9.17, 15) is 5.11 Å². The lowest BCUT2D eigenvalue weighted by Gasteiger charge is -2.30. The summed E-state index contributed by atoms with van der Waals surface area (Å²) >= 11 is 0. The minimum atomic E-state index is -0.328. The van der Waals surface area contributed by atoms with Crippen molar-refractivity contribution < 1.29 is 14.6 Å². The summed E-state index contributed by atoms with van der Waals surface area (Å²) in [6, 6.07) is 0. The Kier molecular flexibility index (Phi) is 5.90. The Bertz CT molecular complexity index is 208. The molecule has 1 heterocycles. The number of aliphatic hydroxyl groups is 1. The maximum atomic E-state index is 9.73. The summed E-state index contributed by atoms with van der Waals surface area (Å²) in [7, 11) is 0. The molecule has 1 saturated heterocycles. The second-order valence-electron chi connectivity index (χ2n) is 6.35. The topological polar surface area (TPSA) is 38.7 Å². The van der Waals surface area contributed by atoms with E-state index in [1.54, 1.807) is 0 Å². The molecule has 0 bridgehead atoms. The van der Waals surface area contributed by atoms with Crippen LogP contribution in [0.1, 0.15) is 40.5 Å². The van der Waals surface area contributed by atoms with Gasteiger partial charge in [-0.25, -0.2) is 0 Å². The Morgan fingerprint density at radius 1 is 1.41 bits per heavy atom. The van der Waals surface area contributed by atoms with Gasteiger partial charge in [0.05, 0.1) is 25.9 Å². The highest BCUT2D eigenvalue weighted by Crippen LogP contribution is 2.33. The number of rotatable bonds is 7. The van der Waals surface area contributed by atoms with Crippen LogP contribution < -0.4 is 0 Å². The van der Waals surface area contributed by atoms with Crippen molar-refractivity contribution in [3.8, 4) is 0 Å². The van der Waals surface area contributed by atoms with Gasteiger partial charge in [0.25, 0.3) is 0 Å². The smallest absolute Gasteiger partial charge is 0.0776 e. The molecule has 1 N–H and O–H groups in total. The van der Waals surface area contributed by atoms with Gasteiger partial charge in [0.1, 0.15) is 0 Å². The van der Waals surface area contributed by atoms with Gasteiger partial charge in [-0.15, -0.1) is 0 Å². The summed E-state index contributed by atoms with van der Waals surface area (Å²) in [6.07, 6.45) is 1.61. The Labute approximate surface area is 105 Å². The summed E-state index contributed by atoms with van der Waals surface area (Å²) in [5, 5.41) is 9.73. The highest BCUT2D eigenvalue weighted by atomic mass is 16.5. The van der Waals surface area contributed by atoms with E-state index >= 15 is 0 Å². The summed E-state index contributed by atoms with van der Waals surface area (Å²) in [4.78, 5) is 0. The zero-order chi connectivity index (χ0) is 12.9. The largest absolute Gasteiger partial charge is 0.391 e. The standard InChI is InChI=1S/C14H28O3/c1-11(2)7-13(15)9-17-10-14(3,4)12-5-6-16-8-12/h11-13,15H,5-10H2,1-4H3. The maximum absolute atomic E-state index is 9.73. The first kappa shape index (κ1) is 14.9. The van der Waals surface area contributed by atoms with Crippen molar-refractivity contribution in [1.29, 1.82) is 0 Å². The molecule has 0 saturated carbocycles. The molecule has 3 nitrogen and oxygen atoms in total. The summed E-state index contributed by atoms with van der Waals surface area (Å²) in [5.41, 5.74) is 0.147. The molecule has 1 rings (SSSR count). The van der Waals surface area contributed by atoms with Crippen LogP contribution in [-0.2, 0) is 9.47 Å². The van der Waals surface area contributed by atoms with E-state index < -0.39 is 0 Å². The number of ether oxygens (including phenoxy) is 2. The molecule has 1 aliphatic heterocycles. The van der Waals surface area contributed by atoms with Crippen LogP contribution in [0.4, 0.5) is 0 Å². The molecule has 102 valence electrons. The molecule has 0 amide bonds. The predicted octanol–water partition coefficient (Wildman–Crippen LogP) is 2.47. The van der Waals surface area contributed by atoms with Crippen LogP contribution in [0.5, 0.6) is 0 Å². The van der Waals surface area contributed by atoms with Crippen LogP contribution in [0.2, 0.25) is 0 Å². The Morgan fingerprint density at radius 3 is 2.65 bits per heavy atom. The average Bonchev–Trinajstić information content (AvgIpc) is 2.68. The van der Waals surface area contributed by atoms with Gasteiger partial charge in [-0.1, -0.05) is 27.7 Å². The van der Waals surface area contributed by atoms with E-state index in [0.29, 0.717) is 25.0 Å². The third-order valence-electron chi connectivity index (χ3n) is 3.56. The molecule has 0 aliphatic carbocycles. The average molecular weight is 244 g/mol. The Hall–Kier alpha value is -0.120. The van der Waals surface area contributed by atoms with Crippen molar-refractivity contribution in [2.75, 3.05) is 26.4 Å². The highest BCUT2D eigenvalue weighted by Gasteiger charge is 2.32. The minimum Gasteiger partial charge on any atom is -0.391 e. The van der Waals surface area contributed by atoms with Crippen LogP contribution in [0.3, 0.4) is 0 Å². The normalized spacial score (nSPS) is 23.3. The fraction of sp³-hybridized carbons (Fsp3) is 1.00.